The zero-order valence-corrected chi connectivity index (χ0v) is 8.25. The predicted octanol–water partition coefficient (Wildman–Crippen LogP) is 1.26. The second-order valence-electron chi connectivity index (χ2n) is 3.20. The summed E-state index contributed by atoms with van der Waals surface area (Å²) in [5.41, 5.74) is 0.555. The predicted molar refractivity (Wildman–Crippen MR) is 53.9 cm³/mol. The summed E-state index contributed by atoms with van der Waals surface area (Å²) in [5, 5.41) is 0.0405. The minimum Gasteiger partial charge on any atom is -0.311 e. The van der Waals surface area contributed by atoms with Crippen LogP contribution in [0.4, 0.5) is 10.1 Å². The number of thiol groups is 1. The molecule has 1 unspecified atom stereocenters. The monoisotopic (exact) mass is 212 g/mol. The number of aromatic nitrogens is 1. The fourth-order valence-corrected chi connectivity index (χ4v) is 1.82. The molecular weight excluding hydrogens is 203 g/mol. The van der Waals surface area contributed by atoms with E-state index in [-0.39, 0.29) is 11.2 Å². The highest BCUT2D eigenvalue weighted by Crippen LogP contribution is 2.23. The third-order valence-corrected chi connectivity index (χ3v) is 2.47. The van der Waals surface area contributed by atoms with Crippen molar-refractivity contribution in [2.45, 2.75) is 11.7 Å². The fourth-order valence-electron chi connectivity index (χ4n) is 1.50. The summed E-state index contributed by atoms with van der Waals surface area (Å²) in [6, 6.07) is 2.87. The highest BCUT2D eigenvalue weighted by Gasteiger charge is 2.28. The molecule has 0 spiro atoms. The average molecular weight is 212 g/mol. The van der Waals surface area contributed by atoms with E-state index in [4.69, 9.17) is 0 Å². The van der Waals surface area contributed by atoms with Crippen LogP contribution < -0.4 is 4.90 Å². The molecule has 1 atom stereocenters. The van der Waals surface area contributed by atoms with Gasteiger partial charge in [0.15, 0.2) is 0 Å². The van der Waals surface area contributed by atoms with Crippen LogP contribution in [-0.2, 0) is 4.79 Å². The number of halogens is 1. The molecule has 1 amide bonds. The van der Waals surface area contributed by atoms with Crippen LogP contribution in [0.3, 0.4) is 0 Å². The number of rotatable bonds is 1. The van der Waals surface area contributed by atoms with Crippen molar-refractivity contribution in [1.29, 1.82) is 0 Å². The number of hydrogen-bond donors (Lipinski definition) is 1. The molecule has 0 N–H and O–H groups in total. The van der Waals surface area contributed by atoms with Crippen molar-refractivity contribution in [2.75, 3.05) is 11.4 Å². The number of nitrogens with zero attached hydrogens (tertiary/aromatic N) is 2. The Balaban J connectivity index is 2.27. The zero-order chi connectivity index (χ0) is 10.1. The Morgan fingerprint density at radius 2 is 2.43 bits per heavy atom. The summed E-state index contributed by atoms with van der Waals surface area (Å²) in [4.78, 5) is 16.4. The van der Waals surface area contributed by atoms with Crippen molar-refractivity contribution >= 4 is 24.2 Å². The van der Waals surface area contributed by atoms with Gasteiger partial charge in [-0.15, -0.1) is 0 Å². The van der Waals surface area contributed by atoms with Gasteiger partial charge in [-0.25, -0.2) is 4.98 Å². The van der Waals surface area contributed by atoms with Crippen LogP contribution in [0, 0.1) is 5.95 Å². The third-order valence-electron chi connectivity index (χ3n) is 2.13. The first-order valence-corrected chi connectivity index (χ1v) is 4.78. The molecular formula is C9H9FN2OS. The lowest BCUT2D eigenvalue weighted by molar-refractivity contribution is -0.117. The van der Waals surface area contributed by atoms with Crippen LogP contribution >= 0.6 is 12.6 Å². The van der Waals surface area contributed by atoms with Crippen molar-refractivity contribution in [3.63, 3.8) is 0 Å². The maximum atomic E-state index is 12.8. The van der Waals surface area contributed by atoms with Gasteiger partial charge in [0.2, 0.25) is 11.9 Å². The summed E-state index contributed by atoms with van der Waals surface area (Å²) in [6.07, 6.45) is 1.76. The van der Waals surface area contributed by atoms with Crippen molar-refractivity contribution in [3.8, 4) is 0 Å². The van der Waals surface area contributed by atoms with Gasteiger partial charge in [0.1, 0.15) is 0 Å². The molecule has 74 valence electrons. The summed E-state index contributed by atoms with van der Waals surface area (Å²) in [6.45, 7) is 0.533. The topological polar surface area (TPSA) is 33.2 Å². The molecule has 0 aromatic carbocycles. The van der Waals surface area contributed by atoms with Gasteiger partial charge in [-0.05, 0) is 6.07 Å². The Labute approximate surface area is 86.3 Å². The first-order valence-electron chi connectivity index (χ1n) is 4.27. The van der Waals surface area contributed by atoms with Crippen LogP contribution in [0.1, 0.15) is 6.42 Å². The van der Waals surface area contributed by atoms with E-state index < -0.39 is 5.95 Å². The molecule has 0 saturated carbocycles. The second-order valence-corrected chi connectivity index (χ2v) is 3.93. The van der Waals surface area contributed by atoms with Crippen molar-refractivity contribution < 1.29 is 9.18 Å². The first kappa shape index (κ1) is 9.45. The molecule has 1 aromatic rings. The zero-order valence-electron chi connectivity index (χ0n) is 7.35. The Kier molecular flexibility index (Phi) is 2.41. The molecule has 0 bridgehead atoms. The van der Waals surface area contributed by atoms with E-state index in [1.165, 1.54) is 17.2 Å². The van der Waals surface area contributed by atoms with E-state index in [2.05, 4.69) is 17.6 Å². The molecule has 1 aliphatic rings. The number of carbonyl (C=O) groups excluding carboxylic acids is 1. The van der Waals surface area contributed by atoms with E-state index >= 15 is 0 Å². The van der Waals surface area contributed by atoms with E-state index in [1.54, 1.807) is 6.07 Å². The summed E-state index contributed by atoms with van der Waals surface area (Å²) >= 11 is 4.22. The van der Waals surface area contributed by atoms with Gasteiger partial charge in [-0.3, -0.25) is 4.79 Å². The Morgan fingerprint density at radius 3 is 3.00 bits per heavy atom. The Morgan fingerprint density at radius 1 is 1.64 bits per heavy atom. The maximum Gasteiger partial charge on any atom is 0.228 e. The SMILES string of the molecule is O=C1CC(S)CN1c1ccnc(F)c1. The number of pyridine rings is 1. The van der Waals surface area contributed by atoms with Crippen molar-refractivity contribution in [3.05, 3.63) is 24.3 Å². The lowest BCUT2D eigenvalue weighted by Crippen LogP contribution is -2.24. The summed E-state index contributed by atoms with van der Waals surface area (Å²) < 4.78 is 12.8. The van der Waals surface area contributed by atoms with E-state index in [0.29, 0.717) is 18.7 Å². The van der Waals surface area contributed by atoms with Gasteiger partial charge in [0.05, 0.1) is 0 Å². The Hall–Kier alpha value is -1.10. The van der Waals surface area contributed by atoms with Crippen LogP contribution in [0.15, 0.2) is 18.3 Å². The van der Waals surface area contributed by atoms with Gasteiger partial charge in [-0.2, -0.15) is 17.0 Å². The second kappa shape index (κ2) is 3.57. The van der Waals surface area contributed by atoms with Gasteiger partial charge in [0, 0.05) is 36.2 Å². The number of anilines is 1. The highest BCUT2D eigenvalue weighted by atomic mass is 32.1. The minimum absolute atomic E-state index is 0.0180. The third kappa shape index (κ3) is 1.72. The fraction of sp³-hybridized carbons (Fsp3) is 0.333. The van der Waals surface area contributed by atoms with E-state index in [0.717, 1.165) is 0 Å². The number of hydrogen-bond acceptors (Lipinski definition) is 3. The lowest BCUT2D eigenvalue weighted by atomic mass is 10.3. The van der Waals surface area contributed by atoms with Gasteiger partial charge >= 0.3 is 0 Å². The Bertz CT molecular complexity index is 372. The smallest absolute Gasteiger partial charge is 0.228 e. The molecule has 14 heavy (non-hydrogen) atoms. The van der Waals surface area contributed by atoms with Crippen LogP contribution in [0.5, 0.6) is 0 Å². The molecule has 1 fully saturated rings. The summed E-state index contributed by atoms with van der Waals surface area (Å²) in [5.74, 6) is -0.589. The van der Waals surface area contributed by atoms with Crippen LogP contribution in [-0.4, -0.2) is 22.7 Å². The molecule has 2 rings (SSSR count). The van der Waals surface area contributed by atoms with Crippen molar-refractivity contribution in [1.82, 2.24) is 4.98 Å². The van der Waals surface area contributed by atoms with Crippen LogP contribution in [0.25, 0.3) is 0 Å². The molecule has 1 aliphatic heterocycles. The van der Waals surface area contributed by atoms with Crippen molar-refractivity contribution in [2.24, 2.45) is 0 Å². The summed E-state index contributed by atoms with van der Waals surface area (Å²) in [7, 11) is 0. The molecule has 0 radical (unpaired) electrons. The molecule has 5 heteroatoms. The molecule has 3 nitrogen and oxygen atoms in total. The standard InChI is InChI=1S/C9H9FN2OS/c10-8-3-6(1-2-11-8)12-5-7(14)4-9(12)13/h1-3,7,14H,4-5H2. The molecule has 2 heterocycles. The highest BCUT2D eigenvalue weighted by molar-refractivity contribution is 7.81. The van der Waals surface area contributed by atoms with E-state index in [1.807, 2.05) is 0 Å². The van der Waals surface area contributed by atoms with E-state index in [9.17, 15) is 9.18 Å². The number of carbonyl (C=O) groups is 1. The van der Waals surface area contributed by atoms with Gasteiger partial charge < -0.3 is 4.90 Å². The molecule has 1 saturated heterocycles. The molecule has 0 aliphatic carbocycles. The van der Waals surface area contributed by atoms with Gasteiger partial charge in [-0.1, -0.05) is 0 Å². The number of amides is 1. The lowest BCUT2D eigenvalue weighted by Gasteiger charge is -2.15. The normalized spacial score (nSPS) is 21.7. The van der Waals surface area contributed by atoms with Crippen LogP contribution in [0.2, 0.25) is 0 Å². The first-order chi connectivity index (χ1) is 6.66. The average Bonchev–Trinajstić information content (AvgIpc) is 2.45. The minimum atomic E-state index is -0.571. The largest absolute Gasteiger partial charge is 0.311 e. The maximum absolute atomic E-state index is 12.8. The quantitative estimate of drug-likeness (QED) is 0.561. The molecule has 1 aromatic heterocycles. The van der Waals surface area contributed by atoms with Gasteiger partial charge in [0.25, 0.3) is 0 Å².